The molecule has 0 spiro atoms. The van der Waals surface area contributed by atoms with Gasteiger partial charge in [-0.3, -0.25) is 0 Å². The van der Waals surface area contributed by atoms with Crippen LogP contribution in [0.15, 0.2) is 121 Å². The topological polar surface area (TPSA) is 18.5 Å². The van der Waals surface area contributed by atoms with Crippen LogP contribution in [0.2, 0.25) is 0 Å². The zero-order valence-corrected chi connectivity index (χ0v) is 21.2. The highest BCUT2D eigenvalue weighted by Gasteiger charge is 2.36. The summed E-state index contributed by atoms with van der Waals surface area (Å²) in [5, 5.41) is 3.64. The number of anilines is 2. The van der Waals surface area contributed by atoms with Crippen molar-refractivity contribution in [1.29, 1.82) is 0 Å². The minimum atomic E-state index is 0.323. The smallest absolute Gasteiger partial charge is 0.0411 e. The van der Waals surface area contributed by atoms with E-state index in [1.807, 2.05) is 0 Å². The molecule has 0 aliphatic carbocycles. The first kappa shape index (κ1) is 24.3. The molecule has 3 heteroatoms. The predicted molar refractivity (Wildman–Crippen MR) is 152 cm³/mol. The van der Waals surface area contributed by atoms with Crippen LogP contribution < -0.4 is 10.2 Å². The first-order chi connectivity index (χ1) is 17.8. The third-order valence-corrected chi connectivity index (χ3v) is 7.56. The van der Waals surface area contributed by atoms with E-state index < -0.39 is 0 Å². The molecular weight excluding hydrogens is 438 g/mol. The summed E-state index contributed by atoms with van der Waals surface area (Å²) in [7, 11) is 2.33. The van der Waals surface area contributed by atoms with Crippen molar-refractivity contribution in [3.05, 3.63) is 132 Å². The first-order valence-corrected chi connectivity index (χ1v) is 13.2. The Morgan fingerprint density at radius 3 is 1.58 bits per heavy atom. The van der Waals surface area contributed by atoms with Gasteiger partial charge in [0.1, 0.15) is 0 Å². The second-order valence-corrected chi connectivity index (χ2v) is 9.85. The summed E-state index contributed by atoms with van der Waals surface area (Å²) < 4.78 is 0. The lowest BCUT2D eigenvalue weighted by molar-refractivity contribution is 0.169. The van der Waals surface area contributed by atoms with Crippen LogP contribution in [0.1, 0.15) is 23.5 Å². The van der Waals surface area contributed by atoms with Gasteiger partial charge in [-0.25, -0.2) is 0 Å². The van der Waals surface area contributed by atoms with E-state index >= 15 is 0 Å². The van der Waals surface area contributed by atoms with E-state index in [-0.39, 0.29) is 0 Å². The summed E-state index contributed by atoms with van der Waals surface area (Å²) in [6, 6.07) is 44.1. The Morgan fingerprint density at radius 2 is 1.14 bits per heavy atom. The molecule has 0 radical (unpaired) electrons. The molecule has 5 rings (SSSR count). The molecule has 0 aromatic heterocycles. The number of benzene rings is 4. The maximum absolute atomic E-state index is 3.64. The molecular formula is C33H37N3. The Morgan fingerprint density at radius 1 is 0.667 bits per heavy atom. The number of nitrogens with one attached hydrogen (secondary N) is 1. The lowest BCUT2D eigenvalue weighted by Crippen LogP contribution is -2.46. The molecule has 1 saturated heterocycles. The monoisotopic (exact) mass is 475 g/mol. The standard InChI is InChI=1S/C33H37N3/c1-35(24-25-36(30-18-10-4-11-19-30)31-20-12-5-13-21-31)33(29-22-23-34-26-29)32(27-14-6-2-7-15-27)28-16-8-3-9-17-28/h2-21,29,32-34H,22-26H2,1H3. The van der Waals surface area contributed by atoms with E-state index in [9.17, 15) is 0 Å². The van der Waals surface area contributed by atoms with Crippen LogP contribution in [0, 0.1) is 5.92 Å². The van der Waals surface area contributed by atoms with Gasteiger partial charge in [-0.05, 0) is 67.9 Å². The summed E-state index contributed by atoms with van der Waals surface area (Å²) in [6.07, 6.45) is 1.21. The molecule has 1 N–H and O–H groups in total. The molecule has 1 aliphatic rings. The minimum absolute atomic E-state index is 0.323. The fourth-order valence-corrected chi connectivity index (χ4v) is 5.79. The minimum Gasteiger partial charge on any atom is -0.340 e. The number of likely N-dealkylation sites (N-methyl/N-ethyl adjacent to an activating group) is 1. The van der Waals surface area contributed by atoms with Crippen LogP contribution in [0.4, 0.5) is 11.4 Å². The lowest BCUT2D eigenvalue weighted by Gasteiger charge is -2.40. The number of para-hydroxylation sites is 2. The van der Waals surface area contributed by atoms with Gasteiger partial charge in [-0.1, -0.05) is 97.1 Å². The number of nitrogens with zero attached hydrogens (tertiary/aromatic N) is 2. The lowest BCUT2D eigenvalue weighted by atomic mass is 9.78. The van der Waals surface area contributed by atoms with Crippen molar-refractivity contribution in [3.63, 3.8) is 0 Å². The summed E-state index contributed by atoms with van der Waals surface area (Å²) in [5.74, 6) is 0.923. The van der Waals surface area contributed by atoms with Gasteiger partial charge in [0.25, 0.3) is 0 Å². The number of rotatable bonds is 10. The molecule has 4 aromatic rings. The highest BCUT2D eigenvalue weighted by molar-refractivity contribution is 5.62. The maximum atomic E-state index is 3.64. The van der Waals surface area contributed by atoms with Gasteiger partial charge in [0.2, 0.25) is 0 Å². The molecule has 0 bridgehead atoms. The Hall–Kier alpha value is -3.40. The third-order valence-electron chi connectivity index (χ3n) is 7.56. The molecule has 3 nitrogen and oxygen atoms in total. The molecule has 0 saturated carbocycles. The van der Waals surface area contributed by atoms with Gasteiger partial charge in [0, 0.05) is 36.4 Å². The average molecular weight is 476 g/mol. The van der Waals surface area contributed by atoms with Crippen molar-refractivity contribution >= 4 is 11.4 Å². The molecule has 2 unspecified atom stereocenters. The fourth-order valence-electron chi connectivity index (χ4n) is 5.79. The maximum Gasteiger partial charge on any atom is 0.0411 e. The van der Waals surface area contributed by atoms with E-state index in [0.717, 1.165) is 26.2 Å². The van der Waals surface area contributed by atoms with Gasteiger partial charge in [0.15, 0.2) is 0 Å². The first-order valence-electron chi connectivity index (χ1n) is 13.2. The van der Waals surface area contributed by atoms with Crippen molar-refractivity contribution in [3.8, 4) is 0 Å². The van der Waals surface area contributed by atoms with Gasteiger partial charge in [0.05, 0.1) is 0 Å². The van der Waals surface area contributed by atoms with E-state index in [4.69, 9.17) is 0 Å². The van der Waals surface area contributed by atoms with Crippen LogP contribution in [-0.4, -0.2) is 44.2 Å². The summed E-state index contributed by atoms with van der Waals surface area (Å²) in [4.78, 5) is 5.07. The Balaban J connectivity index is 1.46. The second-order valence-electron chi connectivity index (χ2n) is 9.85. The van der Waals surface area contributed by atoms with Crippen LogP contribution in [0.3, 0.4) is 0 Å². The highest BCUT2D eigenvalue weighted by atomic mass is 15.2. The molecule has 36 heavy (non-hydrogen) atoms. The molecule has 0 amide bonds. The SMILES string of the molecule is CN(CCN(c1ccccc1)c1ccccc1)C(C1CCNC1)C(c1ccccc1)c1ccccc1. The van der Waals surface area contributed by atoms with E-state index in [0.29, 0.717) is 17.9 Å². The van der Waals surface area contributed by atoms with Crippen LogP contribution in [0.5, 0.6) is 0 Å². The normalized spacial score (nSPS) is 16.4. The molecule has 2 atom stereocenters. The Labute approximate surface area is 216 Å². The third kappa shape index (κ3) is 5.70. The van der Waals surface area contributed by atoms with Gasteiger partial charge in [-0.2, -0.15) is 0 Å². The van der Waals surface area contributed by atoms with Crippen LogP contribution in [0.25, 0.3) is 0 Å². The summed E-state index contributed by atoms with van der Waals surface area (Å²) in [5.41, 5.74) is 5.27. The van der Waals surface area contributed by atoms with Gasteiger partial charge in [-0.15, -0.1) is 0 Å². The number of hydrogen-bond acceptors (Lipinski definition) is 3. The zero-order chi connectivity index (χ0) is 24.6. The summed E-state index contributed by atoms with van der Waals surface area (Å²) in [6.45, 7) is 4.08. The highest BCUT2D eigenvalue weighted by Crippen LogP contribution is 2.36. The molecule has 1 heterocycles. The predicted octanol–water partition coefficient (Wildman–Crippen LogP) is 6.57. The summed E-state index contributed by atoms with van der Waals surface area (Å²) >= 11 is 0. The molecule has 1 aliphatic heterocycles. The average Bonchev–Trinajstić information content (AvgIpc) is 3.48. The van der Waals surface area contributed by atoms with E-state index in [1.54, 1.807) is 0 Å². The quantitative estimate of drug-likeness (QED) is 0.280. The Kier molecular flexibility index (Phi) is 8.12. The van der Waals surface area contributed by atoms with Crippen molar-refractivity contribution in [2.75, 3.05) is 38.1 Å². The van der Waals surface area contributed by atoms with Gasteiger partial charge < -0.3 is 15.1 Å². The molecule has 4 aromatic carbocycles. The number of hydrogen-bond donors (Lipinski definition) is 1. The van der Waals surface area contributed by atoms with Crippen LogP contribution in [-0.2, 0) is 0 Å². The zero-order valence-electron chi connectivity index (χ0n) is 21.2. The fraction of sp³-hybridized carbons (Fsp3) is 0.273. The van der Waals surface area contributed by atoms with Crippen molar-refractivity contribution < 1.29 is 0 Å². The van der Waals surface area contributed by atoms with Crippen LogP contribution >= 0.6 is 0 Å². The molecule has 184 valence electrons. The molecule has 1 fully saturated rings. The second kappa shape index (κ2) is 12.0. The van der Waals surface area contributed by atoms with E-state index in [2.05, 4.69) is 143 Å². The van der Waals surface area contributed by atoms with Gasteiger partial charge >= 0.3 is 0 Å². The largest absolute Gasteiger partial charge is 0.340 e. The van der Waals surface area contributed by atoms with Crippen molar-refractivity contribution in [2.24, 2.45) is 5.92 Å². The van der Waals surface area contributed by atoms with E-state index in [1.165, 1.54) is 28.9 Å². The Bertz CT molecular complexity index is 1080. The van der Waals surface area contributed by atoms with Crippen molar-refractivity contribution in [2.45, 2.75) is 18.4 Å². The van der Waals surface area contributed by atoms with Crippen molar-refractivity contribution in [1.82, 2.24) is 10.2 Å².